The fourth-order valence-corrected chi connectivity index (χ4v) is 2.07. The van der Waals surface area contributed by atoms with Gasteiger partial charge in [-0.2, -0.15) is 0 Å². The van der Waals surface area contributed by atoms with Gasteiger partial charge in [0, 0.05) is 6.04 Å². The summed E-state index contributed by atoms with van der Waals surface area (Å²) < 4.78 is 10.7. The minimum Gasteiger partial charge on any atom is -0.493 e. The van der Waals surface area contributed by atoms with E-state index in [4.69, 9.17) is 14.6 Å². The zero-order chi connectivity index (χ0) is 15.4. The molecule has 1 aliphatic carbocycles. The van der Waals surface area contributed by atoms with E-state index >= 15 is 0 Å². The minimum absolute atomic E-state index is 0.0390. The fraction of sp³-hybridized carbons (Fsp3) is 0.467. The number of amides is 1. The summed E-state index contributed by atoms with van der Waals surface area (Å²) in [6.07, 6.45) is 1.71. The van der Waals surface area contributed by atoms with Crippen molar-refractivity contribution < 1.29 is 24.2 Å². The van der Waals surface area contributed by atoms with Crippen molar-refractivity contribution in [3.05, 3.63) is 23.8 Å². The van der Waals surface area contributed by atoms with Crippen LogP contribution in [-0.2, 0) is 9.59 Å². The van der Waals surface area contributed by atoms with Gasteiger partial charge in [0.2, 0.25) is 0 Å². The average molecular weight is 293 g/mol. The van der Waals surface area contributed by atoms with Crippen molar-refractivity contribution in [2.24, 2.45) is 0 Å². The van der Waals surface area contributed by atoms with Crippen molar-refractivity contribution in [3.8, 4) is 11.5 Å². The molecule has 114 valence electrons. The quantitative estimate of drug-likeness (QED) is 0.823. The van der Waals surface area contributed by atoms with Gasteiger partial charge in [0.25, 0.3) is 5.91 Å². The largest absolute Gasteiger partial charge is 0.493 e. The normalized spacial score (nSPS) is 13.6. The zero-order valence-electron chi connectivity index (χ0n) is 12.2. The number of carboxylic acids is 1. The average Bonchev–Trinajstić information content (AvgIpc) is 3.27. The third-order valence-electron chi connectivity index (χ3n) is 3.28. The standard InChI is InChI=1S/C15H19NO5/c1-10-3-6-12(13(7-10)20-2)21-9-14(17)16(8-15(18)19)11-4-5-11/h3,6-7,11H,4-5,8-9H2,1-2H3,(H,18,19). The molecule has 0 unspecified atom stereocenters. The van der Waals surface area contributed by atoms with Gasteiger partial charge in [-0.3, -0.25) is 9.59 Å². The van der Waals surface area contributed by atoms with E-state index in [1.165, 1.54) is 12.0 Å². The molecule has 0 saturated heterocycles. The summed E-state index contributed by atoms with van der Waals surface area (Å²) in [5.74, 6) is -0.299. The van der Waals surface area contributed by atoms with Crippen LogP contribution in [0.2, 0.25) is 0 Å². The number of methoxy groups -OCH3 is 1. The Morgan fingerprint density at radius 2 is 2.05 bits per heavy atom. The summed E-state index contributed by atoms with van der Waals surface area (Å²) in [5, 5.41) is 8.85. The monoisotopic (exact) mass is 293 g/mol. The van der Waals surface area contributed by atoms with Crippen molar-refractivity contribution in [2.75, 3.05) is 20.3 Å². The second-order valence-corrected chi connectivity index (χ2v) is 5.09. The van der Waals surface area contributed by atoms with Crippen LogP contribution in [0.3, 0.4) is 0 Å². The van der Waals surface area contributed by atoms with Crippen LogP contribution in [0.15, 0.2) is 18.2 Å². The van der Waals surface area contributed by atoms with Crippen molar-refractivity contribution in [2.45, 2.75) is 25.8 Å². The molecule has 0 heterocycles. The van der Waals surface area contributed by atoms with E-state index in [0.29, 0.717) is 11.5 Å². The van der Waals surface area contributed by atoms with Crippen molar-refractivity contribution in [1.82, 2.24) is 4.90 Å². The Labute approximate surface area is 123 Å². The molecular formula is C15H19NO5. The predicted octanol–water partition coefficient (Wildman–Crippen LogP) is 1.46. The Hall–Kier alpha value is -2.24. The van der Waals surface area contributed by atoms with Gasteiger partial charge in [-0.05, 0) is 37.5 Å². The van der Waals surface area contributed by atoms with E-state index in [2.05, 4.69) is 0 Å². The Morgan fingerprint density at radius 1 is 1.33 bits per heavy atom. The van der Waals surface area contributed by atoms with Gasteiger partial charge in [-0.1, -0.05) is 6.07 Å². The van der Waals surface area contributed by atoms with Gasteiger partial charge < -0.3 is 19.5 Å². The Kier molecular flexibility index (Phi) is 4.67. The minimum atomic E-state index is -1.01. The summed E-state index contributed by atoms with van der Waals surface area (Å²) in [4.78, 5) is 24.3. The third-order valence-corrected chi connectivity index (χ3v) is 3.28. The first-order valence-corrected chi connectivity index (χ1v) is 6.80. The van der Waals surface area contributed by atoms with Gasteiger partial charge in [0.05, 0.1) is 7.11 Å². The van der Waals surface area contributed by atoms with Crippen molar-refractivity contribution in [1.29, 1.82) is 0 Å². The molecule has 0 bridgehead atoms. The fourth-order valence-electron chi connectivity index (χ4n) is 2.07. The number of aryl methyl sites for hydroxylation is 1. The lowest BCUT2D eigenvalue weighted by Gasteiger charge is -2.20. The highest BCUT2D eigenvalue weighted by Gasteiger charge is 2.34. The van der Waals surface area contributed by atoms with Crippen LogP contribution >= 0.6 is 0 Å². The van der Waals surface area contributed by atoms with E-state index in [0.717, 1.165) is 18.4 Å². The molecule has 0 aromatic heterocycles. The first-order chi connectivity index (χ1) is 10.0. The summed E-state index contributed by atoms with van der Waals surface area (Å²) >= 11 is 0. The summed E-state index contributed by atoms with van der Waals surface area (Å²) in [7, 11) is 1.53. The van der Waals surface area contributed by atoms with Crippen LogP contribution in [0, 0.1) is 6.92 Å². The smallest absolute Gasteiger partial charge is 0.323 e. The number of benzene rings is 1. The molecule has 0 spiro atoms. The molecule has 1 fully saturated rings. The molecule has 1 amide bonds. The SMILES string of the molecule is COc1cc(C)ccc1OCC(=O)N(CC(=O)O)C1CC1. The number of rotatable bonds is 7. The van der Waals surface area contributed by atoms with Crippen molar-refractivity contribution >= 4 is 11.9 Å². The van der Waals surface area contributed by atoms with Gasteiger partial charge in [-0.25, -0.2) is 0 Å². The molecule has 0 atom stereocenters. The van der Waals surface area contributed by atoms with Crippen LogP contribution in [0.4, 0.5) is 0 Å². The maximum atomic E-state index is 12.1. The maximum absolute atomic E-state index is 12.1. The molecule has 0 radical (unpaired) electrons. The van der Waals surface area contributed by atoms with Crippen molar-refractivity contribution in [3.63, 3.8) is 0 Å². The maximum Gasteiger partial charge on any atom is 0.323 e. The molecule has 1 saturated carbocycles. The highest BCUT2D eigenvalue weighted by Crippen LogP contribution is 2.29. The van der Waals surface area contributed by atoms with E-state index in [-0.39, 0.29) is 25.1 Å². The summed E-state index contributed by atoms with van der Waals surface area (Å²) in [5.41, 5.74) is 1.02. The first-order valence-electron chi connectivity index (χ1n) is 6.80. The van der Waals surface area contributed by atoms with E-state index in [1.54, 1.807) is 6.07 Å². The van der Waals surface area contributed by atoms with Gasteiger partial charge in [0.15, 0.2) is 18.1 Å². The topological polar surface area (TPSA) is 76.1 Å². The Balaban J connectivity index is 1.98. The number of hydrogen-bond acceptors (Lipinski definition) is 4. The van der Waals surface area contributed by atoms with E-state index in [1.807, 2.05) is 19.1 Å². The predicted molar refractivity (Wildman–Crippen MR) is 75.6 cm³/mol. The summed E-state index contributed by atoms with van der Waals surface area (Å²) in [6.45, 7) is 1.46. The highest BCUT2D eigenvalue weighted by molar-refractivity contribution is 5.83. The van der Waals surface area contributed by atoms with Gasteiger partial charge in [-0.15, -0.1) is 0 Å². The van der Waals surface area contributed by atoms with Gasteiger partial charge >= 0.3 is 5.97 Å². The zero-order valence-corrected chi connectivity index (χ0v) is 12.2. The number of aliphatic carboxylic acids is 1. The lowest BCUT2D eigenvalue weighted by molar-refractivity contribution is -0.145. The van der Waals surface area contributed by atoms with E-state index < -0.39 is 5.97 Å². The molecule has 6 nitrogen and oxygen atoms in total. The lowest BCUT2D eigenvalue weighted by atomic mass is 10.2. The van der Waals surface area contributed by atoms with Crippen LogP contribution in [0.1, 0.15) is 18.4 Å². The number of hydrogen-bond donors (Lipinski definition) is 1. The van der Waals surface area contributed by atoms with Gasteiger partial charge in [0.1, 0.15) is 6.54 Å². The molecule has 1 aromatic carbocycles. The molecule has 1 aliphatic rings. The second kappa shape index (κ2) is 6.47. The number of carbonyl (C=O) groups excluding carboxylic acids is 1. The first kappa shape index (κ1) is 15.2. The van der Waals surface area contributed by atoms with Crippen LogP contribution in [0.25, 0.3) is 0 Å². The van der Waals surface area contributed by atoms with Crippen LogP contribution in [0.5, 0.6) is 11.5 Å². The van der Waals surface area contributed by atoms with Crippen LogP contribution < -0.4 is 9.47 Å². The lowest BCUT2D eigenvalue weighted by Crippen LogP contribution is -2.40. The number of carbonyl (C=O) groups is 2. The molecule has 1 aromatic rings. The number of nitrogens with zero attached hydrogens (tertiary/aromatic N) is 1. The van der Waals surface area contributed by atoms with E-state index in [9.17, 15) is 9.59 Å². The molecule has 2 rings (SSSR count). The Bertz CT molecular complexity index is 539. The van der Waals surface area contributed by atoms with Crippen LogP contribution in [-0.4, -0.2) is 48.2 Å². The highest BCUT2D eigenvalue weighted by atomic mass is 16.5. The third kappa shape index (κ3) is 4.11. The molecule has 0 aliphatic heterocycles. The molecular weight excluding hydrogens is 274 g/mol. The Morgan fingerprint density at radius 3 is 2.62 bits per heavy atom. The number of ether oxygens (including phenoxy) is 2. The number of carboxylic acid groups (broad SMARTS) is 1. The second-order valence-electron chi connectivity index (χ2n) is 5.09. The summed E-state index contributed by atoms with van der Waals surface area (Å²) in [6, 6.07) is 5.45. The molecule has 1 N–H and O–H groups in total. The molecule has 21 heavy (non-hydrogen) atoms. The molecule has 6 heteroatoms.